The highest BCUT2D eigenvalue weighted by molar-refractivity contribution is 5.83. The molecule has 30 heavy (non-hydrogen) atoms. The predicted molar refractivity (Wildman–Crippen MR) is 114 cm³/mol. The van der Waals surface area contributed by atoms with E-state index in [1.165, 1.54) is 0 Å². The Morgan fingerprint density at radius 3 is 1.90 bits per heavy atom. The average molecular weight is 410 g/mol. The fraction of sp³-hybridized carbons (Fsp3) is 0.250. The van der Waals surface area contributed by atoms with Gasteiger partial charge < -0.3 is 19.3 Å². The zero-order valence-corrected chi connectivity index (χ0v) is 17.2. The van der Waals surface area contributed by atoms with Crippen LogP contribution in [0.3, 0.4) is 0 Å². The van der Waals surface area contributed by atoms with Crippen LogP contribution in [0.15, 0.2) is 73.8 Å². The molecule has 2 aromatic carbocycles. The van der Waals surface area contributed by atoms with Crippen molar-refractivity contribution in [3.05, 3.63) is 85.0 Å². The smallest absolute Gasteiger partial charge is 0.335 e. The van der Waals surface area contributed by atoms with Crippen LogP contribution >= 0.6 is 0 Å². The zero-order valence-electron chi connectivity index (χ0n) is 17.2. The first kappa shape index (κ1) is 22.9. The lowest BCUT2D eigenvalue weighted by Gasteiger charge is -2.26. The Hall–Kier alpha value is -3.38. The van der Waals surface area contributed by atoms with Crippen LogP contribution in [0.4, 0.5) is 0 Å². The molecule has 0 heterocycles. The molecular weight excluding hydrogens is 384 g/mol. The van der Waals surface area contributed by atoms with Gasteiger partial charge in [-0.25, -0.2) is 9.59 Å². The first-order valence-corrected chi connectivity index (χ1v) is 9.42. The van der Waals surface area contributed by atoms with Crippen molar-refractivity contribution < 1.29 is 28.9 Å². The number of carbonyl (C=O) groups excluding carboxylic acids is 2. The Labute approximate surface area is 176 Å². The predicted octanol–water partition coefficient (Wildman–Crippen LogP) is 3.57. The van der Waals surface area contributed by atoms with Gasteiger partial charge in [-0.1, -0.05) is 51.3 Å². The van der Waals surface area contributed by atoms with Gasteiger partial charge >= 0.3 is 11.9 Å². The second-order valence-corrected chi connectivity index (χ2v) is 7.06. The number of esters is 2. The molecule has 0 fully saturated rings. The van der Waals surface area contributed by atoms with Gasteiger partial charge in [-0.15, -0.1) is 0 Å². The molecule has 2 rings (SSSR count). The van der Waals surface area contributed by atoms with E-state index in [0.717, 1.165) is 23.3 Å². The normalized spacial score (nSPS) is 11.8. The summed E-state index contributed by atoms with van der Waals surface area (Å²) in [5, 5.41) is 9.28. The molecule has 1 unspecified atom stereocenters. The van der Waals surface area contributed by atoms with E-state index in [1.54, 1.807) is 12.1 Å². The Morgan fingerprint density at radius 2 is 1.43 bits per heavy atom. The molecular formula is C24H26O6. The maximum atomic E-state index is 11.3. The molecule has 0 aromatic heterocycles. The highest BCUT2D eigenvalue weighted by Crippen LogP contribution is 2.33. The largest absolute Gasteiger partial charge is 0.490 e. The minimum absolute atomic E-state index is 0.0315. The molecule has 0 saturated carbocycles. The number of aliphatic hydroxyl groups excluding tert-OH is 1. The van der Waals surface area contributed by atoms with Gasteiger partial charge in [0.2, 0.25) is 0 Å². The van der Waals surface area contributed by atoms with Crippen molar-refractivity contribution in [1.29, 1.82) is 0 Å². The second-order valence-electron chi connectivity index (χ2n) is 7.06. The number of hydrogen-bond acceptors (Lipinski definition) is 6. The van der Waals surface area contributed by atoms with E-state index in [2.05, 4.69) is 27.0 Å². The number of aliphatic hydroxyl groups is 1. The Balaban J connectivity index is 2.05. The van der Waals surface area contributed by atoms with Crippen molar-refractivity contribution in [3.8, 4) is 11.5 Å². The molecule has 6 heteroatoms. The molecule has 0 bridgehead atoms. The summed E-state index contributed by atoms with van der Waals surface area (Å²) in [6.07, 6.45) is 1.39. The topological polar surface area (TPSA) is 82.1 Å². The average Bonchev–Trinajstić information content (AvgIpc) is 2.76. The van der Waals surface area contributed by atoms with Gasteiger partial charge in [-0.05, 0) is 35.4 Å². The van der Waals surface area contributed by atoms with Crippen molar-refractivity contribution >= 4 is 11.9 Å². The van der Waals surface area contributed by atoms with Gasteiger partial charge in [0.25, 0.3) is 0 Å². The summed E-state index contributed by atoms with van der Waals surface area (Å²) < 4.78 is 15.7. The molecule has 0 amide bonds. The lowest BCUT2D eigenvalue weighted by atomic mass is 9.78. The summed E-state index contributed by atoms with van der Waals surface area (Å²) in [6.45, 7) is 10.6. The lowest BCUT2D eigenvalue weighted by Crippen LogP contribution is -2.27. The third-order valence-electron chi connectivity index (χ3n) is 4.63. The zero-order chi connectivity index (χ0) is 22.1. The third-order valence-corrected chi connectivity index (χ3v) is 4.63. The van der Waals surface area contributed by atoms with Gasteiger partial charge in [0.1, 0.15) is 18.1 Å². The van der Waals surface area contributed by atoms with Crippen LogP contribution in [-0.2, 0) is 19.7 Å². The highest BCUT2D eigenvalue weighted by Gasteiger charge is 2.23. The summed E-state index contributed by atoms with van der Waals surface area (Å²) in [6, 6.07) is 14.9. The van der Waals surface area contributed by atoms with Crippen molar-refractivity contribution in [2.75, 3.05) is 13.2 Å². The first-order chi connectivity index (χ1) is 14.3. The van der Waals surface area contributed by atoms with Crippen LogP contribution < -0.4 is 9.47 Å². The summed E-state index contributed by atoms with van der Waals surface area (Å²) >= 11 is 0. The molecule has 0 spiro atoms. The van der Waals surface area contributed by atoms with E-state index in [1.807, 2.05) is 36.4 Å². The van der Waals surface area contributed by atoms with Crippen LogP contribution in [0.2, 0.25) is 0 Å². The van der Waals surface area contributed by atoms with E-state index < -0.39 is 18.0 Å². The summed E-state index contributed by atoms with van der Waals surface area (Å²) in [4.78, 5) is 22.5. The maximum absolute atomic E-state index is 11.3. The third kappa shape index (κ3) is 6.06. The monoisotopic (exact) mass is 410 g/mol. The number of carbonyl (C=O) groups is 2. The summed E-state index contributed by atoms with van der Waals surface area (Å²) in [5.74, 6) is -0.0616. The molecule has 1 atom stereocenters. The fourth-order valence-corrected chi connectivity index (χ4v) is 2.76. The van der Waals surface area contributed by atoms with Crippen molar-refractivity contribution in [2.45, 2.75) is 25.4 Å². The molecule has 0 aliphatic rings. The van der Waals surface area contributed by atoms with E-state index in [0.29, 0.717) is 11.5 Å². The van der Waals surface area contributed by atoms with Crippen molar-refractivity contribution in [1.82, 2.24) is 0 Å². The van der Waals surface area contributed by atoms with Crippen LogP contribution in [-0.4, -0.2) is 36.4 Å². The Bertz CT molecular complexity index is 881. The quantitative estimate of drug-likeness (QED) is 0.366. The lowest BCUT2D eigenvalue weighted by molar-refractivity contribution is -0.146. The summed E-state index contributed by atoms with van der Waals surface area (Å²) in [7, 11) is 0. The minimum Gasteiger partial charge on any atom is -0.490 e. The molecule has 0 saturated heterocycles. The number of benzene rings is 2. The number of ether oxygens (including phenoxy) is 3. The standard InChI is InChI=1S/C24H26O6/c1-5-22(26)29-20-13-9-18(10-14-20)24(3,4)17-7-11-19(12-8-17)28-16-21(15-25)30-23(27)6-2/h5-14,21,25H,1-2,15-16H2,3-4H3. The van der Waals surface area contributed by atoms with Gasteiger partial charge in [0.05, 0.1) is 6.61 Å². The van der Waals surface area contributed by atoms with Crippen molar-refractivity contribution in [2.24, 2.45) is 0 Å². The molecule has 0 radical (unpaired) electrons. The molecule has 1 N–H and O–H groups in total. The Morgan fingerprint density at radius 1 is 0.933 bits per heavy atom. The van der Waals surface area contributed by atoms with Crippen LogP contribution in [0.1, 0.15) is 25.0 Å². The fourth-order valence-electron chi connectivity index (χ4n) is 2.76. The maximum Gasteiger partial charge on any atom is 0.335 e. The van der Waals surface area contributed by atoms with E-state index in [4.69, 9.17) is 14.2 Å². The number of hydrogen-bond donors (Lipinski definition) is 1. The van der Waals surface area contributed by atoms with E-state index in [-0.39, 0.29) is 18.6 Å². The molecule has 6 nitrogen and oxygen atoms in total. The minimum atomic E-state index is -0.764. The summed E-state index contributed by atoms with van der Waals surface area (Å²) in [5.41, 5.74) is 1.81. The van der Waals surface area contributed by atoms with E-state index >= 15 is 0 Å². The number of rotatable bonds is 10. The van der Waals surface area contributed by atoms with Gasteiger partial charge in [0, 0.05) is 17.6 Å². The van der Waals surface area contributed by atoms with Gasteiger partial charge in [0.15, 0.2) is 6.10 Å². The molecule has 158 valence electrons. The highest BCUT2D eigenvalue weighted by atomic mass is 16.6. The van der Waals surface area contributed by atoms with Gasteiger partial charge in [-0.3, -0.25) is 0 Å². The van der Waals surface area contributed by atoms with E-state index in [9.17, 15) is 14.7 Å². The SMILES string of the molecule is C=CC(=O)Oc1ccc(C(C)(C)c2ccc(OCC(CO)OC(=O)C=C)cc2)cc1. The first-order valence-electron chi connectivity index (χ1n) is 9.42. The molecule has 0 aliphatic heterocycles. The van der Waals surface area contributed by atoms with Crippen LogP contribution in [0.5, 0.6) is 11.5 Å². The van der Waals surface area contributed by atoms with Crippen LogP contribution in [0, 0.1) is 0 Å². The second kappa shape index (κ2) is 10.4. The molecule has 0 aliphatic carbocycles. The molecule has 2 aromatic rings. The van der Waals surface area contributed by atoms with Gasteiger partial charge in [-0.2, -0.15) is 0 Å². The Kier molecular flexibility index (Phi) is 7.95. The van der Waals surface area contributed by atoms with Crippen LogP contribution in [0.25, 0.3) is 0 Å². The van der Waals surface area contributed by atoms with Crippen molar-refractivity contribution in [3.63, 3.8) is 0 Å².